The minimum atomic E-state index is -0.404. The van der Waals surface area contributed by atoms with Gasteiger partial charge in [0.2, 0.25) is 0 Å². The van der Waals surface area contributed by atoms with Crippen molar-refractivity contribution in [1.29, 1.82) is 0 Å². The van der Waals surface area contributed by atoms with Crippen LogP contribution in [0.15, 0.2) is 40.9 Å². The molecule has 1 atom stereocenters. The molecule has 0 saturated carbocycles. The van der Waals surface area contributed by atoms with Gasteiger partial charge in [0, 0.05) is 14.5 Å². The van der Waals surface area contributed by atoms with Crippen LogP contribution in [-0.2, 0) is 0 Å². The Bertz CT molecular complexity index is 601. The van der Waals surface area contributed by atoms with Crippen LogP contribution in [0.1, 0.15) is 16.5 Å². The van der Waals surface area contributed by atoms with Crippen molar-refractivity contribution < 1.29 is 4.74 Å². The molecule has 2 aromatic rings. The van der Waals surface area contributed by atoms with Crippen molar-refractivity contribution in [3.63, 3.8) is 0 Å². The lowest BCUT2D eigenvalue weighted by Gasteiger charge is -2.14. The quantitative estimate of drug-likeness (QED) is 0.585. The molecule has 5 heteroatoms. The lowest BCUT2D eigenvalue weighted by molar-refractivity contribution is 0.414. The van der Waals surface area contributed by atoms with Gasteiger partial charge in [0.25, 0.3) is 0 Å². The van der Waals surface area contributed by atoms with Crippen LogP contribution in [-0.4, -0.2) is 7.11 Å². The first-order valence-electron chi connectivity index (χ1n) is 5.45. The molecule has 0 fully saturated rings. The lowest BCUT2D eigenvalue weighted by Crippen LogP contribution is -1.96. The van der Waals surface area contributed by atoms with Crippen LogP contribution >= 0.6 is 50.7 Å². The van der Waals surface area contributed by atoms with Crippen molar-refractivity contribution in [3.05, 3.63) is 62.0 Å². The zero-order valence-corrected chi connectivity index (χ0v) is 13.8. The van der Waals surface area contributed by atoms with Crippen LogP contribution in [0, 0.1) is 0 Å². The first-order valence-corrected chi connectivity index (χ1v) is 7.44. The SMILES string of the molecule is COc1ccc(C(Cl)c2ccc(Br)cc2Cl)c(Cl)c1. The third-order valence-corrected chi connectivity index (χ3v) is 4.33. The molecule has 0 heterocycles. The maximum absolute atomic E-state index is 6.47. The summed E-state index contributed by atoms with van der Waals surface area (Å²) in [4.78, 5) is 0. The van der Waals surface area contributed by atoms with Crippen molar-refractivity contribution >= 4 is 50.7 Å². The molecule has 0 amide bonds. The minimum absolute atomic E-state index is 0.404. The summed E-state index contributed by atoms with van der Waals surface area (Å²) in [6, 6.07) is 11.0. The van der Waals surface area contributed by atoms with Crippen LogP contribution in [0.3, 0.4) is 0 Å². The van der Waals surface area contributed by atoms with Gasteiger partial charge in [-0.25, -0.2) is 0 Å². The predicted octanol–water partition coefficient (Wildman–Crippen LogP) is 6.09. The average molecular weight is 380 g/mol. The summed E-state index contributed by atoms with van der Waals surface area (Å²) in [5.74, 6) is 0.694. The molecule has 100 valence electrons. The Hall–Kier alpha value is -0.410. The van der Waals surface area contributed by atoms with Crippen LogP contribution in [0.2, 0.25) is 10.0 Å². The second-order valence-electron chi connectivity index (χ2n) is 3.92. The number of hydrogen-bond acceptors (Lipinski definition) is 1. The van der Waals surface area contributed by atoms with Gasteiger partial charge in [-0.15, -0.1) is 11.6 Å². The largest absolute Gasteiger partial charge is 0.497 e. The normalized spacial score (nSPS) is 12.3. The highest BCUT2D eigenvalue weighted by molar-refractivity contribution is 9.10. The Morgan fingerprint density at radius 2 is 1.58 bits per heavy atom. The molecule has 1 nitrogen and oxygen atoms in total. The summed E-state index contributed by atoms with van der Waals surface area (Å²) in [7, 11) is 1.59. The molecule has 0 bridgehead atoms. The van der Waals surface area contributed by atoms with E-state index in [0.717, 1.165) is 15.6 Å². The molecule has 0 saturated heterocycles. The maximum atomic E-state index is 6.47. The Morgan fingerprint density at radius 3 is 2.11 bits per heavy atom. The van der Waals surface area contributed by atoms with Crippen molar-refractivity contribution in [2.75, 3.05) is 7.11 Å². The highest BCUT2D eigenvalue weighted by atomic mass is 79.9. The van der Waals surface area contributed by atoms with E-state index in [2.05, 4.69) is 15.9 Å². The molecule has 2 rings (SSSR count). The Balaban J connectivity index is 2.41. The van der Waals surface area contributed by atoms with Gasteiger partial charge in [-0.05, 0) is 35.4 Å². The van der Waals surface area contributed by atoms with E-state index < -0.39 is 5.38 Å². The number of halogens is 4. The van der Waals surface area contributed by atoms with Gasteiger partial charge in [-0.1, -0.05) is 51.3 Å². The lowest BCUT2D eigenvalue weighted by atomic mass is 10.0. The van der Waals surface area contributed by atoms with Crippen LogP contribution in [0.4, 0.5) is 0 Å². The molecule has 0 aromatic heterocycles. The summed E-state index contributed by atoms with van der Waals surface area (Å²) < 4.78 is 6.02. The molecule has 0 aliphatic carbocycles. The van der Waals surface area contributed by atoms with E-state index in [9.17, 15) is 0 Å². The van der Waals surface area contributed by atoms with E-state index in [1.165, 1.54) is 0 Å². The van der Waals surface area contributed by atoms with Crippen LogP contribution in [0.5, 0.6) is 5.75 Å². The molecular formula is C14H10BrCl3O. The number of alkyl halides is 1. The van der Waals surface area contributed by atoms with Gasteiger partial charge in [-0.2, -0.15) is 0 Å². The molecule has 0 N–H and O–H groups in total. The van der Waals surface area contributed by atoms with Gasteiger partial charge in [0.05, 0.1) is 12.5 Å². The Labute approximate surface area is 135 Å². The molecule has 0 aliphatic rings. The molecular weight excluding hydrogens is 370 g/mol. The fraction of sp³-hybridized carbons (Fsp3) is 0.143. The summed E-state index contributed by atoms with van der Waals surface area (Å²) in [5.41, 5.74) is 1.62. The van der Waals surface area contributed by atoms with Crippen molar-refractivity contribution in [3.8, 4) is 5.75 Å². The third-order valence-electron chi connectivity index (χ3n) is 2.72. The smallest absolute Gasteiger partial charge is 0.120 e. The van der Waals surface area contributed by atoms with Gasteiger partial charge in [0.1, 0.15) is 5.75 Å². The molecule has 2 aromatic carbocycles. The highest BCUT2D eigenvalue weighted by Crippen LogP contribution is 2.39. The molecule has 0 spiro atoms. The number of hydrogen-bond donors (Lipinski definition) is 0. The Kier molecular flexibility index (Phi) is 5.02. The standard InChI is InChI=1S/C14H10BrCl3O/c1-19-9-3-5-11(13(17)7-9)14(18)10-4-2-8(15)6-12(10)16/h2-7,14H,1H3. The predicted molar refractivity (Wildman–Crippen MR) is 84.9 cm³/mol. The van der Waals surface area contributed by atoms with Crippen molar-refractivity contribution in [2.24, 2.45) is 0 Å². The number of ether oxygens (including phenoxy) is 1. The highest BCUT2D eigenvalue weighted by Gasteiger charge is 2.17. The molecule has 19 heavy (non-hydrogen) atoms. The third kappa shape index (κ3) is 3.38. The van der Waals surface area contributed by atoms with Gasteiger partial charge in [0.15, 0.2) is 0 Å². The first-order chi connectivity index (χ1) is 9.02. The number of methoxy groups -OCH3 is 1. The number of rotatable bonds is 3. The molecule has 0 radical (unpaired) electrons. The topological polar surface area (TPSA) is 9.23 Å². The van der Waals surface area contributed by atoms with Crippen LogP contribution in [0.25, 0.3) is 0 Å². The van der Waals surface area contributed by atoms with E-state index in [4.69, 9.17) is 39.5 Å². The fourth-order valence-electron chi connectivity index (χ4n) is 1.71. The van der Waals surface area contributed by atoms with E-state index >= 15 is 0 Å². The van der Waals surface area contributed by atoms with E-state index in [1.54, 1.807) is 13.2 Å². The second kappa shape index (κ2) is 6.36. The number of benzene rings is 2. The molecule has 0 aliphatic heterocycles. The van der Waals surface area contributed by atoms with Gasteiger partial charge in [-0.3, -0.25) is 0 Å². The van der Waals surface area contributed by atoms with Gasteiger partial charge >= 0.3 is 0 Å². The van der Waals surface area contributed by atoms with Gasteiger partial charge < -0.3 is 4.74 Å². The zero-order chi connectivity index (χ0) is 14.0. The maximum Gasteiger partial charge on any atom is 0.120 e. The Morgan fingerprint density at radius 1 is 1.00 bits per heavy atom. The molecule has 1 unspecified atom stereocenters. The van der Waals surface area contributed by atoms with Crippen LogP contribution < -0.4 is 4.74 Å². The summed E-state index contributed by atoms with van der Waals surface area (Å²) in [5, 5.41) is 0.749. The van der Waals surface area contributed by atoms with E-state index in [1.807, 2.05) is 30.3 Å². The van der Waals surface area contributed by atoms with Crippen molar-refractivity contribution in [1.82, 2.24) is 0 Å². The summed E-state index contributed by atoms with van der Waals surface area (Å²) >= 11 is 22.3. The van der Waals surface area contributed by atoms with Crippen molar-refractivity contribution in [2.45, 2.75) is 5.38 Å². The fourth-order valence-corrected chi connectivity index (χ4v) is 3.27. The van der Waals surface area contributed by atoms with E-state index in [-0.39, 0.29) is 0 Å². The van der Waals surface area contributed by atoms with E-state index in [0.29, 0.717) is 15.8 Å². The minimum Gasteiger partial charge on any atom is -0.497 e. The average Bonchev–Trinajstić information content (AvgIpc) is 2.37. The summed E-state index contributed by atoms with van der Waals surface area (Å²) in [6.07, 6.45) is 0. The second-order valence-corrected chi connectivity index (χ2v) is 6.08. The zero-order valence-electron chi connectivity index (χ0n) is 9.96. The monoisotopic (exact) mass is 378 g/mol. The first kappa shape index (κ1) is 15.0. The summed E-state index contributed by atoms with van der Waals surface area (Å²) in [6.45, 7) is 0.